The summed E-state index contributed by atoms with van der Waals surface area (Å²) in [5, 5.41) is 3.39. The van der Waals surface area contributed by atoms with E-state index in [0.29, 0.717) is 25.0 Å². The van der Waals surface area contributed by atoms with Crippen molar-refractivity contribution in [3.63, 3.8) is 0 Å². The van der Waals surface area contributed by atoms with Crippen molar-refractivity contribution in [2.75, 3.05) is 13.6 Å². The first kappa shape index (κ1) is 18.1. The van der Waals surface area contributed by atoms with Gasteiger partial charge in [-0.25, -0.2) is 13.4 Å². The van der Waals surface area contributed by atoms with Crippen molar-refractivity contribution in [1.82, 2.24) is 14.6 Å². The molecule has 0 spiro atoms. The molecule has 1 aromatic heterocycles. The first-order valence-electron chi connectivity index (χ1n) is 7.42. The van der Waals surface area contributed by atoms with Gasteiger partial charge in [-0.15, -0.1) is 0 Å². The molecule has 0 saturated carbocycles. The van der Waals surface area contributed by atoms with Crippen LogP contribution in [-0.4, -0.2) is 37.3 Å². The van der Waals surface area contributed by atoms with Gasteiger partial charge in [-0.05, 0) is 17.5 Å². The molecule has 0 saturated heterocycles. The van der Waals surface area contributed by atoms with E-state index in [-0.39, 0.29) is 5.03 Å². The van der Waals surface area contributed by atoms with Crippen LogP contribution in [0.1, 0.15) is 39.7 Å². The first-order chi connectivity index (χ1) is 9.77. The second kappa shape index (κ2) is 7.87. The third-order valence-corrected chi connectivity index (χ3v) is 5.19. The van der Waals surface area contributed by atoms with E-state index >= 15 is 0 Å². The van der Waals surface area contributed by atoms with Crippen LogP contribution in [0.2, 0.25) is 0 Å². The van der Waals surface area contributed by atoms with E-state index in [1.807, 2.05) is 13.0 Å². The molecular formula is C15H27N3O2S. The lowest BCUT2D eigenvalue weighted by atomic mass is 10.1. The summed E-state index contributed by atoms with van der Waals surface area (Å²) >= 11 is 0. The predicted molar refractivity (Wildman–Crippen MR) is 85.5 cm³/mol. The van der Waals surface area contributed by atoms with E-state index in [4.69, 9.17) is 0 Å². The second-order valence-corrected chi connectivity index (χ2v) is 7.83. The van der Waals surface area contributed by atoms with Crippen molar-refractivity contribution < 1.29 is 8.42 Å². The highest BCUT2D eigenvalue weighted by atomic mass is 32.2. The zero-order valence-corrected chi connectivity index (χ0v) is 14.4. The summed E-state index contributed by atoms with van der Waals surface area (Å²) in [5.41, 5.74) is 0.979. The predicted octanol–water partition coefficient (Wildman–Crippen LogP) is 2.25. The lowest BCUT2D eigenvalue weighted by molar-refractivity contribution is 0.392. The van der Waals surface area contributed by atoms with E-state index in [9.17, 15) is 8.42 Å². The third-order valence-electron chi connectivity index (χ3n) is 3.45. The van der Waals surface area contributed by atoms with Crippen LogP contribution in [0, 0.1) is 5.92 Å². The molecular weight excluding hydrogens is 286 g/mol. The van der Waals surface area contributed by atoms with Crippen molar-refractivity contribution in [3.05, 3.63) is 23.9 Å². The minimum Gasteiger partial charge on any atom is -0.310 e. The number of sulfonamides is 1. The summed E-state index contributed by atoms with van der Waals surface area (Å²) in [4.78, 5) is 4.11. The van der Waals surface area contributed by atoms with Gasteiger partial charge in [0.25, 0.3) is 10.0 Å². The largest absolute Gasteiger partial charge is 0.310 e. The van der Waals surface area contributed by atoms with Gasteiger partial charge in [0.05, 0.1) is 0 Å². The summed E-state index contributed by atoms with van der Waals surface area (Å²) in [6.45, 7) is 9.43. The highest BCUT2D eigenvalue weighted by molar-refractivity contribution is 7.89. The fraction of sp³-hybridized carbons (Fsp3) is 0.667. The molecule has 1 rings (SSSR count). The highest BCUT2D eigenvalue weighted by Gasteiger charge is 2.23. The van der Waals surface area contributed by atoms with Gasteiger partial charge in [-0.1, -0.05) is 40.2 Å². The normalized spacial score (nSPS) is 13.9. The van der Waals surface area contributed by atoms with E-state index in [2.05, 4.69) is 31.1 Å². The Bertz CT molecular complexity index is 526. The zero-order chi connectivity index (χ0) is 16.0. The van der Waals surface area contributed by atoms with Crippen molar-refractivity contribution >= 4 is 10.0 Å². The van der Waals surface area contributed by atoms with Gasteiger partial charge >= 0.3 is 0 Å². The minimum absolute atomic E-state index is 0.113. The zero-order valence-electron chi connectivity index (χ0n) is 13.6. The van der Waals surface area contributed by atoms with Gasteiger partial charge in [0.2, 0.25) is 0 Å². The van der Waals surface area contributed by atoms with E-state index in [1.54, 1.807) is 19.3 Å². The lowest BCUT2D eigenvalue weighted by Gasteiger charge is -2.20. The molecule has 0 bridgehead atoms. The van der Waals surface area contributed by atoms with Crippen LogP contribution in [-0.2, 0) is 16.6 Å². The molecule has 6 heteroatoms. The Morgan fingerprint density at radius 2 is 1.95 bits per heavy atom. The molecule has 1 atom stereocenters. The van der Waals surface area contributed by atoms with Gasteiger partial charge < -0.3 is 5.32 Å². The van der Waals surface area contributed by atoms with Gasteiger partial charge in [-0.3, -0.25) is 0 Å². The molecule has 0 aliphatic rings. The molecule has 0 aliphatic heterocycles. The maximum Gasteiger partial charge on any atom is 0.260 e. The van der Waals surface area contributed by atoms with Gasteiger partial charge in [0, 0.05) is 32.4 Å². The van der Waals surface area contributed by atoms with E-state index in [0.717, 1.165) is 12.0 Å². The molecule has 1 heterocycles. The Hall–Kier alpha value is -0.980. The van der Waals surface area contributed by atoms with Crippen LogP contribution in [0.4, 0.5) is 0 Å². The van der Waals surface area contributed by atoms with Gasteiger partial charge in [0.1, 0.15) is 0 Å². The third kappa shape index (κ3) is 5.37. The number of rotatable bonds is 8. The summed E-state index contributed by atoms with van der Waals surface area (Å²) < 4.78 is 26.2. The molecule has 120 valence electrons. The van der Waals surface area contributed by atoms with Gasteiger partial charge in [-0.2, -0.15) is 4.31 Å². The van der Waals surface area contributed by atoms with Crippen LogP contribution in [0.15, 0.2) is 23.4 Å². The number of pyridine rings is 1. The van der Waals surface area contributed by atoms with Crippen molar-refractivity contribution in [2.24, 2.45) is 5.92 Å². The van der Waals surface area contributed by atoms with Crippen LogP contribution >= 0.6 is 0 Å². The summed E-state index contributed by atoms with van der Waals surface area (Å²) in [6, 6.07) is 3.78. The summed E-state index contributed by atoms with van der Waals surface area (Å²) in [6.07, 6.45) is 2.58. The molecule has 0 aliphatic carbocycles. The quantitative estimate of drug-likeness (QED) is 0.799. The Morgan fingerprint density at radius 1 is 1.29 bits per heavy atom. The van der Waals surface area contributed by atoms with Crippen molar-refractivity contribution in [3.8, 4) is 0 Å². The maximum absolute atomic E-state index is 12.4. The number of hydrogen-bond acceptors (Lipinski definition) is 4. The molecule has 1 unspecified atom stereocenters. The van der Waals surface area contributed by atoms with Crippen molar-refractivity contribution in [1.29, 1.82) is 0 Å². The standard InChI is InChI=1S/C15H27N3O2S/c1-6-13(4)11-18(5)21(19,20)15-8-7-14(10-17-15)9-16-12(2)3/h7-8,10,12-13,16H,6,9,11H2,1-5H3. The maximum atomic E-state index is 12.4. The molecule has 5 nitrogen and oxygen atoms in total. The van der Waals surface area contributed by atoms with E-state index < -0.39 is 10.0 Å². The molecule has 0 radical (unpaired) electrons. The molecule has 1 aromatic rings. The Morgan fingerprint density at radius 3 is 2.43 bits per heavy atom. The van der Waals surface area contributed by atoms with Crippen LogP contribution in [0.5, 0.6) is 0 Å². The Labute approximate surface area is 128 Å². The molecule has 21 heavy (non-hydrogen) atoms. The fourth-order valence-electron chi connectivity index (χ4n) is 1.82. The molecule has 0 aromatic carbocycles. The average Bonchev–Trinajstić information content (AvgIpc) is 2.45. The Kier molecular flexibility index (Phi) is 6.77. The summed E-state index contributed by atoms with van der Waals surface area (Å²) in [7, 11) is -1.88. The van der Waals surface area contributed by atoms with Gasteiger partial charge in [0.15, 0.2) is 5.03 Å². The van der Waals surface area contributed by atoms with Crippen LogP contribution < -0.4 is 5.32 Å². The number of aromatic nitrogens is 1. The number of hydrogen-bond donors (Lipinski definition) is 1. The molecule has 0 fully saturated rings. The Balaban J connectivity index is 2.79. The first-order valence-corrected chi connectivity index (χ1v) is 8.86. The second-order valence-electron chi connectivity index (χ2n) is 5.84. The smallest absolute Gasteiger partial charge is 0.260 e. The van der Waals surface area contributed by atoms with Crippen LogP contribution in [0.25, 0.3) is 0 Å². The van der Waals surface area contributed by atoms with Crippen LogP contribution in [0.3, 0.4) is 0 Å². The number of nitrogens with zero attached hydrogens (tertiary/aromatic N) is 2. The lowest BCUT2D eigenvalue weighted by Crippen LogP contribution is -2.31. The van der Waals surface area contributed by atoms with Crippen molar-refractivity contribution in [2.45, 2.75) is 51.7 Å². The topological polar surface area (TPSA) is 62.3 Å². The molecule has 1 N–H and O–H groups in total. The molecule has 0 amide bonds. The SMILES string of the molecule is CCC(C)CN(C)S(=O)(=O)c1ccc(CNC(C)C)cn1. The highest BCUT2D eigenvalue weighted by Crippen LogP contribution is 2.14. The minimum atomic E-state index is -3.49. The fourth-order valence-corrected chi connectivity index (χ4v) is 3.01. The number of nitrogens with one attached hydrogen (secondary N) is 1. The monoisotopic (exact) mass is 313 g/mol. The van der Waals surface area contributed by atoms with E-state index in [1.165, 1.54) is 4.31 Å². The summed E-state index contributed by atoms with van der Waals surface area (Å²) in [5.74, 6) is 0.333. The average molecular weight is 313 g/mol.